The number of anilines is 1. The quantitative estimate of drug-likeness (QED) is 0.701. The molecule has 7 nitrogen and oxygen atoms in total. The van der Waals surface area contributed by atoms with E-state index in [0.29, 0.717) is 27.9 Å². The Bertz CT molecular complexity index is 855. The van der Waals surface area contributed by atoms with Crippen LogP contribution in [0.5, 0.6) is 11.6 Å². The zero-order chi connectivity index (χ0) is 14.3. The maximum absolute atomic E-state index is 11.5. The van der Waals surface area contributed by atoms with E-state index in [4.69, 9.17) is 22.1 Å². The van der Waals surface area contributed by atoms with Crippen LogP contribution in [0.4, 0.5) is 5.69 Å². The van der Waals surface area contributed by atoms with E-state index in [-0.39, 0.29) is 11.6 Å². The fourth-order valence-corrected chi connectivity index (χ4v) is 1.99. The van der Waals surface area contributed by atoms with E-state index >= 15 is 0 Å². The first kappa shape index (κ1) is 12.5. The van der Waals surface area contributed by atoms with Crippen molar-refractivity contribution in [1.82, 2.24) is 19.6 Å². The van der Waals surface area contributed by atoms with Gasteiger partial charge in [-0.2, -0.15) is 10.1 Å². The van der Waals surface area contributed by atoms with Gasteiger partial charge in [-0.1, -0.05) is 11.6 Å². The molecule has 0 aliphatic heterocycles. The summed E-state index contributed by atoms with van der Waals surface area (Å²) < 4.78 is 6.94. The highest BCUT2D eigenvalue weighted by Crippen LogP contribution is 2.30. The number of aryl methyl sites for hydroxylation is 1. The number of hydrogen-bond donors (Lipinski definition) is 2. The van der Waals surface area contributed by atoms with Gasteiger partial charge in [-0.3, -0.25) is 0 Å². The molecule has 3 rings (SSSR count). The van der Waals surface area contributed by atoms with E-state index in [1.54, 1.807) is 25.1 Å². The molecule has 102 valence electrons. The second-order valence-electron chi connectivity index (χ2n) is 4.16. The van der Waals surface area contributed by atoms with Gasteiger partial charge in [0, 0.05) is 17.8 Å². The number of nitrogens with one attached hydrogen (secondary N) is 1. The summed E-state index contributed by atoms with van der Waals surface area (Å²) >= 11 is 6.02. The molecule has 0 amide bonds. The first-order valence-corrected chi connectivity index (χ1v) is 6.10. The molecule has 8 heteroatoms. The summed E-state index contributed by atoms with van der Waals surface area (Å²) in [6.07, 6.45) is 0. The number of rotatable bonds is 2. The number of nitrogen functional groups attached to an aromatic ring is 1. The minimum atomic E-state index is -0.349. The number of nitrogens with zero attached hydrogens (tertiary/aromatic N) is 3. The minimum Gasteiger partial charge on any atom is -0.437 e. The van der Waals surface area contributed by atoms with Gasteiger partial charge in [-0.15, -0.1) is 0 Å². The molecule has 0 bridgehead atoms. The van der Waals surface area contributed by atoms with Crippen LogP contribution in [0.15, 0.2) is 29.1 Å². The normalized spacial score (nSPS) is 10.9. The minimum absolute atomic E-state index is 0.279. The number of fused-ring (bicyclic) bond motifs is 1. The zero-order valence-corrected chi connectivity index (χ0v) is 11.2. The molecule has 0 saturated carbocycles. The molecule has 1 aromatic carbocycles. The fraction of sp³-hybridized carbons (Fsp3) is 0.0833. The largest absolute Gasteiger partial charge is 0.437 e. The third kappa shape index (κ3) is 2.08. The molecule has 0 aliphatic carbocycles. The average molecular weight is 292 g/mol. The highest BCUT2D eigenvalue weighted by molar-refractivity contribution is 6.32. The average Bonchev–Trinajstić information content (AvgIpc) is 2.76. The van der Waals surface area contributed by atoms with Crippen molar-refractivity contribution in [3.05, 3.63) is 45.6 Å². The SMILES string of the molecule is Cc1nc(Oc2cc(N)ccc2Cl)cc2n[nH]c(=O)n12. The van der Waals surface area contributed by atoms with Crippen LogP contribution in [0, 0.1) is 6.92 Å². The maximum Gasteiger partial charge on any atom is 0.349 e. The molecule has 0 atom stereocenters. The van der Waals surface area contributed by atoms with Crippen molar-refractivity contribution in [2.45, 2.75) is 6.92 Å². The second-order valence-corrected chi connectivity index (χ2v) is 4.56. The van der Waals surface area contributed by atoms with Gasteiger partial charge in [0.25, 0.3) is 0 Å². The third-order valence-corrected chi connectivity index (χ3v) is 3.03. The van der Waals surface area contributed by atoms with Crippen molar-refractivity contribution in [1.29, 1.82) is 0 Å². The lowest BCUT2D eigenvalue weighted by Gasteiger charge is -2.08. The summed E-state index contributed by atoms with van der Waals surface area (Å²) in [5.41, 5.74) is 6.27. The molecule has 2 heterocycles. The Morgan fingerprint density at radius 2 is 2.20 bits per heavy atom. The van der Waals surface area contributed by atoms with Crippen LogP contribution >= 0.6 is 11.6 Å². The lowest BCUT2D eigenvalue weighted by atomic mass is 10.3. The maximum atomic E-state index is 11.5. The highest BCUT2D eigenvalue weighted by atomic mass is 35.5. The van der Waals surface area contributed by atoms with Crippen molar-refractivity contribution >= 4 is 22.9 Å². The number of aromatic nitrogens is 4. The number of aromatic amines is 1. The van der Waals surface area contributed by atoms with Crippen LogP contribution in [-0.2, 0) is 0 Å². The molecular weight excluding hydrogens is 282 g/mol. The van der Waals surface area contributed by atoms with E-state index < -0.39 is 0 Å². The van der Waals surface area contributed by atoms with Gasteiger partial charge in [0.1, 0.15) is 11.6 Å². The van der Waals surface area contributed by atoms with Crippen molar-refractivity contribution in [3.63, 3.8) is 0 Å². The van der Waals surface area contributed by atoms with Gasteiger partial charge < -0.3 is 10.5 Å². The smallest absolute Gasteiger partial charge is 0.349 e. The van der Waals surface area contributed by atoms with Crippen LogP contribution in [0.25, 0.3) is 5.65 Å². The fourth-order valence-electron chi connectivity index (χ4n) is 1.83. The van der Waals surface area contributed by atoms with Gasteiger partial charge in [0.2, 0.25) is 5.88 Å². The summed E-state index contributed by atoms with van der Waals surface area (Å²) in [6, 6.07) is 6.44. The standard InChI is InChI=1S/C12H10ClN5O2/c1-6-15-11(5-10-16-17-12(19)18(6)10)20-9-4-7(14)2-3-8(9)13/h2-5H,14H2,1H3,(H,17,19). The molecular formula is C12H10ClN5O2. The number of hydrogen-bond acceptors (Lipinski definition) is 5. The van der Waals surface area contributed by atoms with E-state index in [1.807, 2.05) is 0 Å². The number of ether oxygens (including phenoxy) is 1. The van der Waals surface area contributed by atoms with Crippen molar-refractivity contribution in [2.75, 3.05) is 5.73 Å². The molecule has 20 heavy (non-hydrogen) atoms. The van der Waals surface area contributed by atoms with Crippen LogP contribution in [-0.4, -0.2) is 19.6 Å². The zero-order valence-electron chi connectivity index (χ0n) is 10.4. The second kappa shape index (κ2) is 4.53. The van der Waals surface area contributed by atoms with Crippen molar-refractivity contribution in [3.8, 4) is 11.6 Å². The molecule has 0 aliphatic rings. The van der Waals surface area contributed by atoms with E-state index in [2.05, 4.69) is 15.2 Å². The molecule has 0 spiro atoms. The third-order valence-electron chi connectivity index (χ3n) is 2.72. The molecule has 0 fully saturated rings. The lowest BCUT2D eigenvalue weighted by Crippen LogP contribution is -2.13. The van der Waals surface area contributed by atoms with E-state index in [1.165, 1.54) is 10.5 Å². The van der Waals surface area contributed by atoms with Crippen LogP contribution < -0.4 is 16.2 Å². The monoisotopic (exact) mass is 291 g/mol. The number of H-pyrrole nitrogens is 1. The Balaban J connectivity index is 2.07. The summed E-state index contributed by atoms with van der Waals surface area (Å²) in [4.78, 5) is 15.7. The summed E-state index contributed by atoms with van der Waals surface area (Å²) in [5.74, 6) is 1.12. The van der Waals surface area contributed by atoms with E-state index in [9.17, 15) is 4.79 Å². The Kier molecular flexibility index (Phi) is 2.83. The van der Waals surface area contributed by atoms with Crippen LogP contribution in [0.2, 0.25) is 5.02 Å². The first-order valence-electron chi connectivity index (χ1n) is 5.72. The van der Waals surface area contributed by atoms with Gasteiger partial charge in [-0.05, 0) is 19.1 Å². The Hall–Kier alpha value is -2.54. The lowest BCUT2D eigenvalue weighted by molar-refractivity contribution is 0.460. The van der Waals surface area contributed by atoms with Gasteiger partial charge in [0.05, 0.1) is 5.02 Å². The number of halogens is 1. The Labute approximate surface area is 118 Å². The van der Waals surface area contributed by atoms with Gasteiger partial charge >= 0.3 is 5.69 Å². The van der Waals surface area contributed by atoms with Crippen molar-refractivity contribution in [2.24, 2.45) is 0 Å². The predicted octanol–water partition coefficient (Wildman–Crippen LogP) is 1.75. The highest BCUT2D eigenvalue weighted by Gasteiger charge is 2.10. The van der Waals surface area contributed by atoms with E-state index in [0.717, 1.165) is 0 Å². The summed E-state index contributed by atoms with van der Waals surface area (Å²) in [6.45, 7) is 1.68. The van der Waals surface area contributed by atoms with Crippen LogP contribution in [0.3, 0.4) is 0 Å². The topological polar surface area (TPSA) is 98.3 Å². The Morgan fingerprint density at radius 3 is 3.00 bits per heavy atom. The molecule has 0 saturated heterocycles. The summed E-state index contributed by atoms with van der Waals surface area (Å²) in [5, 5.41) is 6.63. The molecule has 2 aromatic heterocycles. The summed E-state index contributed by atoms with van der Waals surface area (Å²) in [7, 11) is 0. The van der Waals surface area contributed by atoms with Crippen molar-refractivity contribution < 1.29 is 4.74 Å². The molecule has 3 N–H and O–H groups in total. The predicted molar refractivity (Wildman–Crippen MR) is 74.3 cm³/mol. The van der Waals surface area contributed by atoms with Gasteiger partial charge in [-0.25, -0.2) is 14.3 Å². The number of benzene rings is 1. The number of nitrogens with two attached hydrogens (primary N) is 1. The Morgan fingerprint density at radius 1 is 1.40 bits per heavy atom. The molecule has 0 unspecified atom stereocenters. The van der Waals surface area contributed by atoms with Gasteiger partial charge in [0.15, 0.2) is 5.65 Å². The molecule has 0 radical (unpaired) electrons. The first-order chi connectivity index (χ1) is 9.54. The van der Waals surface area contributed by atoms with Crippen LogP contribution in [0.1, 0.15) is 5.82 Å². The molecule has 3 aromatic rings.